The SMILES string of the molecule is COc1ccc(-n2c(CCNC(C)=O)nc3cc(C(=O)N4CCC(F)CC4)cnc32)cc1. The van der Waals surface area contributed by atoms with Gasteiger partial charge in [-0.05, 0) is 43.2 Å². The first kappa shape index (κ1) is 21.7. The summed E-state index contributed by atoms with van der Waals surface area (Å²) in [6.07, 6.45) is 1.92. The predicted octanol–water partition coefficient (Wildman–Crippen LogP) is 2.68. The third-order valence-electron chi connectivity index (χ3n) is 5.58. The molecule has 0 bridgehead atoms. The molecule has 1 aromatic carbocycles. The zero-order valence-electron chi connectivity index (χ0n) is 18.2. The molecule has 2 amide bonds. The van der Waals surface area contributed by atoms with E-state index in [0.717, 1.165) is 11.4 Å². The quantitative estimate of drug-likeness (QED) is 0.638. The van der Waals surface area contributed by atoms with Crippen molar-refractivity contribution < 1.29 is 18.7 Å². The molecule has 0 radical (unpaired) electrons. The topological polar surface area (TPSA) is 89.3 Å². The van der Waals surface area contributed by atoms with E-state index in [4.69, 9.17) is 9.72 Å². The molecule has 0 unspecified atom stereocenters. The second-order valence-electron chi connectivity index (χ2n) is 7.83. The van der Waals surface area contributed by atoms with Crippen LogP contribution >= 0.6 is 0 Å². The molecule has 0 saturated carbocycles. The molecule has 32 heavy (non-hydrogen) atoms. The van der Waals surface area contributed by atoms with Crippen molar-refractivity contribution in [2.24, 2.45) is 0 Å². The first-order valence-electron chi connectivity index (χ1n) is 10.7. The van der Waals surface area contributed by atoms with Gasteiger partial charge in [0.15, 0.2) is 5.65 Å². The summed E-state index contributed by atoms with van der Waals surface area (Å²) in [5, 5.41) is 2.79. The van der Waals surface area contributed by atoms with Gasteiger partial charge in [0.1, 0.15) is 23.3 Å². The molecule has 9 heteroatoms. The summed E-state index contributed by atoms with van der Waals surface area (Å²) < 4.78 is 20.6. The summed E-state index contributed by atoms with van der Waals surface area (Å²) in [5.41, 5.74) is 2.49. The number of methoxy groups -OCH3 is 1. The lowest BCUT2D eigenvalue weighted by Gasteiger charge is -2.28. The average molecular weight is 439 g/mol. The highest BCUT2D eigenvalue weighted by Crippen LogP contribution is 2.24. The van der Waals surface area contributed by atoms with Crippen LogP contribution in [0.15, 0.2) is 36.5 Å². The number of carbonyl (C=O) groups is 2. The van der Waals surface area contributed by atoms with Gasteiger partial charge in [-0.15, -0.1) is 0 Å². The fourth-order valence-electron chi connectivity index (χ4n) is 3.88. The number of carbonyl (C=O) groups excluding carboxylic acids is 2. The molecule has 1 saturated heterocycles. The van der Waals surface area contributed by atoms with Crippen LogP contribution in [-0.2, 0) is 11.2 Å². The van der Waals surface area contributed by atoms with Gasteiger partial charge < -0.3 is 15.0 Å². The Bertz CT molecular complexity index is 1120. The second-order valence-corrected chi connectivity index (χ2v) is 7.83. The van der Waals surface area contributed by atoms with E-state index in [1.165, 1.54) is 6.92 Å². The first-order valence-corrected chi connectivity index (χ1v) is 10.7. The number of pyridine rings is 1. The minimum absolute atomic E-state index is 0.111. The van der Waals surface area contributed by atoms with Gasteiger partial charge in [0.2, 0.25) is 5.91 Å². The normalized spacial score (nSPS) is 14.5. The summed E-state index contributed by atoms with van der Waals surface area (Å²) in [6.45, 7) is 2.71. The number of hydrogen-bond acceptors (Lipinski definition) is 5. The number of fused-ring (bicyclic) bond motifs is 1. The monoisotopic (exact) mass is 439 g/mol. The highest BCUT2D eigenvalue weighted by molar-refractivity contribution is 5.96. The summed E-state index contributed by atoms with van der Waals surface area (Å²) in [4.78, 5) is 35.1. The molecule has 168 valence electrons. The number of alkyl halides is 1. The van der Waals surface area contributed by atoms with Crippen LogP contribution in [0, 0.1) is 0 Å². The number of nitrogens with one attached hydrogen (secondary N) is 1. The van der Waals surface area contributed by atoms with E-state index < -0.39 is 6.17 Å². The van der Waals surface area contributed by atoms with Crippen molar-refractivity contribution in [3.8, 4) is 11.4 Å². The maximum atomic E-state index is 13.4. The van der Waals surface area contributed by atoms with Crippen LogP contribution in [0.5, 0.6) is 5.75 Å². The molecule has 8 nitrogen and oxygen atoms in total. The van der Waals surface area contributed by atoms with Crippen molar-refractivity contribution in [1.29, 1.82) is 0 Å². The largest absolute Gasteiger partial charge is 0.497 e. The molecular weight excluding hydrogens is 413 g/mol. The van der Waals surface area contributed by atoms with Crippen LogP contribution in [0.2, 0.25) is 0 Å². The maximum absolute atomic E-state index is 13.4. The summed E-state index contributed by atoms with van der Waals surface area (Å²) in [5.74, 6) is 1.18. The fourth-order valence-corrected chi connectivity index (χ4v) is 3.88. The Kier molecular flexibility index (Phi) is 6.34. The minimum atomic E-state index is -0.842. The molecular formula is C23H26FN5O3. The third kappa shape index (κ3) is 4.56. The maximum Gasteiger partial charge on any atom is 0.255 e. The van der Waals surface area contributed by atoms with E-state index in [0.29, 0.717) is 61.4 Å². The van der Waals surface area contributed by atoms with Crippen molar-refractivity contribution in [2.45, 2.75) is 32.4 Å². The van der Waals surface area contributed by atoms with Crippen LogP contribution in [0.3, 0.4) is 0 Å². The lowest BCUT2D eigenvalue weighted by Crippen LogP contribution is -2.39. The van der Waals surface area contributed by atoms with Crippen LogP contribution in [0.25, 0.3) is 16.9 Å². The molecule has 1 aliphatic heterocycles. The second kappa shape index (κ2) is 9.33. The van der Waals surface area contributed by atoms with Gasteiger partial charge in [0.05, 0.1) is 12.7 Å². The lowest BCUT2D eigenvalue weighted by molar-refractivity contribution is -0.118. The highest BCUT2D eigenvalue weighted by Gasteiger charge is 2.24. The van der Waals surface area contributed by atoms with Gasteiger partial charge in [-0.2, -0.15) is 0 Å². The number of nitrogens with zero attached hydrogens (tertiary/aromatic N) is 4. The Morgan fingerprint density at radius 1 is 1.22 bits per heavy atom. The van der Waals surface area contributed by atoms with Gasteiger partial charge in [0.25, 0.3) is 5.91 Å². The van der Waals surface area contributed by atoms with E-state index in [2.05, 4.69) is 10.3 Å². The van der Waals surface area contributed by atoms with Crippen molar-refractivity contribution >= 4 is 23.0 Å². The van der Waals surface area contributed by atoms with Gasteiger partial charge in [0, 0.05) is 44.9 Å². The number of likely N-dealkylation sites (tertiary alicyclic amines) is 1. The van der Waals surface area contributed by atoms with Gasteiger partial charge in [-0.3, -0.25) is 14.2 Å². The average Bonchev–Trinajstić information content (AvgIpc) is 3.16. The third-order valence-corrected chi connectivity index (χ3v) is 5.58. The van der Waals surface area contributed by atoms with E-state index in [1.807, 2.05) is 28.8 Å². The molecule has 0 spiro atoms. The number of imidazole rings is 1. The van der Waals surface area contributed by atoms with Gasteiger partial charge >= 0.3 is 0 Å². The number of ether oxygens (including phenoxy) is 1. The number of amides is 2. The molecule has 3 heterocycles. The van der Waals surface area contributed by atoms with Gasteiger partial charge in [-0.25, -0.2) is 14.4 Å². The molecule has 0 aliphatic carbocycles. The van der Waals surface area contributed by atoms with E-state index in [-0.39, 0.29) is 11.8 Å². The minimum Gasteiger partial charge on any atom is -0.497 e. The molecule has 1 N–H and O–H groups in total. The molecule has 3 aromatic rings. The predicted molar refractivity (Wildman–Crippen MR) is 118 cm³/mol. The molecule has 1 fully saturated rings. The zero-order valence-corrected chi connectivity index (χ0v) is 18.2. The number of benzene rings is 1. The van der Waals surface area contributed by atoms with Crippen molar-refractivity contribution in [3.63, 3.8) is 0 Å². The summed E-state index contributed by atoms with van der Waals surface area (Å²) >= 11 is 0. The molecule has 1 aliphatic rings. The summed E-state index contributed by atoms with van der Waals surface area (Å²) in [7, 11) is 1.61. The zero-order chi connectivity index (χ0) is 22.7. The summed E-state index contributed by atoms with van der Waals surface area (Å²) in [6, 6.07) is 9.25. The van der Waals surface area contributed by atoms with Crippen molar-refractivity contribution in [1.82, 2.24) is 24.8 Å². The van der Waals surface area contributed by atoms with E-state index in [1.54, 1.807) is 24.3 Å². The fraction of sp³-hybridized carbons (Fsp3) is 0.391. The van der Waals surface area contributed by atoms with Crippen LogP contribution in [-0.4, -0.2) is 64.2 Å². The van der Waals surface area contributed by atoms with Crippen LogP contribution < -0.4 is 10.1 Å². The molecule has 4 rings (SSSR count). The van der Waals surface area contributed by atoms with Crippen molar-refractivity contribution in [3.05, 3.63) is 47.9 Å². The number of aromatic nitrogens is 3. The smallest absolute Gasteiger partial charge is 0.255 e. The van der Waals surface area contributed by atoms with Crippen LogP contribution in [0.4, 0.5) is 4.39 Å². The standard InChI is InChI=1S/C23H26FN5O3/c1-15(30)25-10-7-21-27-20-13-16(23(31)28-11-8-17(24)9-12-28)14-26-22(20)29(21)18-3-5-19(32-2)6-4-18/h3-6,13-14,17H,7-12H2,1-2H3,(H,25,30). The first-order chi connectivity index (χ1) is 15.5. The highest BCUT2D eigenvalue weighted by atomic mass is 19.1. The number of hydrogen-bond donors (Lipinski definition) is 1. The Labute approximate surface area is 185 Å². The number of rotatable bonds is 6. The lowest BCUT2D eigenvalue weighted by atomic mass is 10.1. The van der Waals surface area contributed by atoms with E-state index >= 15 is 0 Å². The van der Waals surface area contributed by atoms with Crippen molar-refractivity contribution in [2.75, 3.05) is 26.7 Å². The number of piperidine rings is 1. The molecule has 2 aromatic heterocycles. The molecule has 0 atom stereocenters. The Morgan fingerprint density at radius 3 is 2.59 bits per heavy atom. The number of halogens is 1. The van der Waals surface area contributed by atoms with Gasteiger partial charge in [-0.1, -0.05) is 0 Å². The Hall–Kier alpha value is -3.49. The Morgan fingerprint density at radius 2 is 1.94 bits per heavy atom. The van der Waals surface area contributed by atoms with E-state index in [9.17, 15) is 14.0 Å². The Balaban J connectivity index is 1.69. The van der Waals surface area contributed by atoms with Crippen LogP contribution in [0.1, 0.15) is 35.9 Å².